The van der Waals surface area contributed by atoms with Crippen LogP contribution < -0.4 is 10.6 Å². The highest BCUT2D eigenvalue weighted by molar-refractivity contribution is 9.10. The van der Waals surface area contributed by atoms with E-state index in [1.165, 1.54) is 0 Å². The zero-order valence-electron chi connectivity index (χ0n) is 10.6. The van der Waals surface area contributed by atoms with Crippen LogP contribution >= 0.6 is 15.9 Å². The van der Waals surface area contributed by atoms with Gasteiger partial charge in [0.1, 0.15) is 5.76 Å². The van der Waals surface area contributed by atoms with Crippen molar-refractivity contribution in [3.05, 3.63) is 28.5 Å². The van der Waals surface area contributed by atoms with Crippen molar-refractivity contribution >= 4 is 27.8 Å². The number of oxazole rings is 1. The van der Waals surface area contributed by atoms with Gasteiger partial charge in [0.05, 0.1) is 17.2 Å². The van der Waals surface area contributed by atoms with Gasteiger partial charge in [0.15, 0.2) is 5.82 Å². The Morgan fingerprint density at radius 3 is 2.95 bits per heavy atom. The van der Waals surface area contributed by atoms with Crippen molar-refractivity contribution in [3.8, 4) is 0 Å². The number of rotatable bonds is 4. The summed E-state index contributed by atoms with van der Waals surface area (Å²) in [6, 6.07) is -0.365. The zero-order valence-corrected chi connectivity index (χ0v) is 12.2. The molecule has 2 aromatic heterocycles. The Hall–Kier alpha value is -1.83. The van der Waals surface area contributed by atoms with Gasteiger partial charge in [0, 0.05) is 19.7 Å². The van der Waals surface area contributed by atoms with E-state index in [0.29, 0.717) is 11.7 Å². The Morgan fingerprint density at radius 1 is 1.58 bits per heavy atom. The predicted molar refractivity (Wildman–Crippen MR) is 72.6 cm³/mol. The maximum atomic E-state index is 11.7. The molecule has 0 aliphatic rings. The number of hydrogen-bond acceptors (Lipinski definition) is 4. The van der Waals surface area contributed by atoms with Gasteiger partial charge in [-0.3, -0.25) is 10.00 Å². The first kappa shape index (κ1) is 13.6. The number of nitrogens with one attached hydrogen (secondary N) is 2. The van der Waals surface area contributed by atoms with Crippen LogP contribution in [0.5, 0.6) is 0 Å². The molecule has 0 unspecified atom stereocenters. The maximum Gasteiger partial charge on any atom is 0.320 e. The highest BCUT2D eigenvalue weighted by Gasteiger charge is 2.10. The topological polar surface area (TPSA) is 85.0 Å². The molecule has 0 aliphatic carbocycles. The lowest BCUT2D eigenvalue weighted by Crippen LogP contribution is -2.28. The molecule has 0 aliphatic heterocycles. The molecular formula is C11H14BrN5O2. The van der Waals surface area contributed by atoms with Crippen LogP contribution in [0.25, 0.3) is 0 Å². The SMILES string of the molecule is CCc1cnc(CNC(=O)Nc2nn(C)cc2Br)o1. The molecule has 2 rings (SSSR count). The average molecular weight is 328 g/mol. The number of urea groups is 1. The van der Waals surface area contributed by atoms with Gasteiger partial charge in [-0.05, 0) is 15.9 Å². The molecule has 0 saturated carbocycles. The van der Waals surface area contributed by atoms with Crippen LogP contribution in [-0.2, 0) is 20.0 Å². The lowest BCUT2D eigenvalue weighted by Gasteiger charge is -2.03. The summed E-state index contributed by atoms with van der Waals surface area (Å²) in [5.41, 5.74) is 0. The summed E-state index contributed by atoms with van der Waals surface area (Å²) < 4.78 is 7.69. The second-order valence-corrected chi connectivity index (χ2v) is 4.74. The number of aryl methyl sites for hydroxylation is 2. The van der Waals surface area contributed by atoms with E-state index >= 15 is 0 Å². The minimum absolute atomic E-state index is 0.232. The van der Waals surface area contributed by atoms with E-state index in [1.54, 1.807) is 24.1 Å². The van der Waals surface area contributed by atoms with Crippen molar-refractivity contribution in [1.29, 1.82) is 0 Å². The first-order valence-electron chi connectivity index (χ1n) is 5.76. The molecule has 2 aromatic rings. The number of carbonyl (C=O) groups is 1. The third kappa shape index (κ3) is 3.57. The highest BCUT2D eigenvalue weighted by Crippen LogP contribution is 2.18. The van der Waals surface area contributed by atoms with E-state index in [0.717, 1.165) is 16.7 Å². The average Bonchev–Trinajstić information content (AvgIpc) is 2.94. The number of halogens is 1. The van der Waals surface area contributed by atoms with E-state index < -0.39 is 0 Å². The van der Waals surface area contributed by atoms with Crippen molar-refractivity contribution in [3.63, 3.8) is 0 Å². The Bertz CT molecular complexity index is 577. The van der Waals surface area contributed by atoms with Crippen molar-refractivity contribution in [2.24, 2.45) is 7.05 Å². The summed E-state index contributed by atoms with van der Waals surface area (Å²) in [6.45, 7) is 2.21. The summed E-state index contributed by atoms with van der Waals surface area (Å²) in [6.07, 6.45) is 4.18. The standard InChI is InChI=1S/C11H14BrN5O2/c1-3-7-4-13-9(19-7)5-14-11(18)15-10-8(12)6-17(2)16-10/h4,6H,3,5H2,1-2H3,(H2,14,15,16,18). The van der Waals surface area contributed by atoms with Gasteiger partial charge in [-0.15, -0.1) is 0 Å². The molecule has 0 spiro atoms. The number of carbonyl (C=O) groups excluding carboxylic acids is 1. The van der Waals surface area contributed by atoms with E-state index in [-0.39, 0.29) is 12.6 Å². The van der Waals surface area contributed by atoms with Crippen LogP contribution in [0, 0.1) is 0 Å². The van der Waals surface area contributed by atoms with Crippen LogP contribution in [0.15, 0.2) is 21.3 Å². The predicted octanol–water partition coefficient (Wildman–Crippen LogP) is 2.05. The monoisotopic (exact) mass is 327 g/mol. The molecule has 2 heterocycles. The molecule has 19 heavy (non-hydrogen) atoms. The molecule has 7 nitrogen and oxygen atoms in total. The quantitative estimate of drug-likeness (QED) is 0.900. The van der Waals surface area contributed by atoms with Gasteiger partial charge in [0.2, 0.25) is 5.89 Å². The fraction of sp³-hybridized carbons (Fsp3) is 0.364. The molecule has 0 radical (unpaired) electrons. The Balaban J connectivity index is 1.86. The van der Waals surface area contributed by atoms with E-state index in [1.807, 2.05) is 6.92 Å². The smallest absolute Gasteiger partial charge is 0.320 e. The van der Waals surface area contributed by atoms with Crippen molar-refractivity contribution in [2.45, 2.75) is 19.9 Å². The Labute approximate surface area is 118 Å². The Kier molecular flexibility index (Phi) is 4.20. The first-order chi connectivity index (χ1) is 9.08. The second-order valence-electron chi connectivity index (χ2n) is 3.88. The fourth-order valence-electron chi connectivity index (χ4n) is 1.45. The van der Waals surface area contributed by atoms with E-state index in [9.17, 15) is 4.79 Å². The Morgan fingerprint density at radius 2 is 2.37 bits per heavy atom. The van der Waals surface area contributed by atoms with E-state index in [4.69, 9.17) is 4.42 Å². The minimum Gasteiger partial charge on any atom is -0.444 e. The third-order valence-electron chi connectivity index (χ3n) is 2.37. The molecule has 0 atom stereocenters. The highest BCUT2D eigenvalue weighted by atomic mass is 79.9. The molecule has 2 N–H and O–H groups in total. The molecule has 0 bridgehead atoms. The molecule has 0 fully saturated rings. The van der Waals surface area contributed by atoms with Crippen LogP contribution in [0.4, 0.5) is 10.6 Å². The van der Waals surface area contributed by atoms with Gasteiger partial charge >= 0.3 is 6.03 Å². The summed E-state index contributed by atoms with van der Waals surface area (Å²) in [4.78, 5) is 15.7. The first-order valence-corrected chi connectivity index (χ1v) is 6.55. The van der Waals surface area contributed by atoms with Gasteiger partial charge in [-0.1, -0.05) is 6.92 Å². The molecule has 0 aromatic carbocycles. The molecule has 8 heteroatoms. The van der Waals surface area contributed by atoms with E-state index in [2.05, 4.69) is 36.6 Å². The number of aromatic nitrogens is 3. The maximum absolute atomic E-state index is 11.7. The van der Waals surface area contributed by atoms with Crippen LogP contribution in [-0.4, -0.2) is 20.8 Å². The zero-order chi connectivity index (χ0) is 13.8. The summed E-state index contributed by atoms with van der Waals surface area (Å²) >= 11 is 3.30. The number of nitrogens with zero attached hydrogens (tertiary/aromatic N) is 3. The minimum atomic E-state index is -0.365. The van der Waals surface area contributed by atoms with Gasteiger partial charge < -0.3 is 9.73 Å². The largest absolute Gasteiger partial charge is 0.444 e. The normalized spacial score (nSPS) is 10.5. The van der Waals surface area contributed by atoms with Crippen molar-refractivity contribution < 1.29 is 9.21 Å². The number of anilines is 1. The summed E-state index contributed by atoms with van der Waals surface area (Å²) in [7, 11) is 1.77. The lowest BCUT2D eigenvalue weighted by molar-refractivity contribution is 0.250. The fourth-order valence-corrected chi connectivity index (χ4v) is 1.92. The number of amides is 2. The lowest BCUT2D eigenvalue weighted by atomic mass is 10.4. The summed E-state index contributed by atoms with van der Waals surface area (Å²) in [5.74, 6) is 1.73. The van der Waals surface area contributed by atoms with Crippen molar-refractivity contribution in [1.82, 2.24) is 20.1 Å². The molecule has 102 valence electrons. The van der Waals surface area contributed by atoms with Crippen LogP contribution in [0.3, 0.4) is 0 Å². The van der Waals surface area contributed by atoms with Crippen LogP contribution in [0.2, 0.25) is 0 Å². The van der Waals surface area contributed by atoms with Gasteiger partial charge in [0.25, 0.3) is 0 Å². The third-order valence-corrected chi connectivity index (χ3v) is 2.95. The van der Waals surface area contributed by atoms with Gasteiger partial charge in [-0.2, -0.15) is 5.10 Å². The summed E-state index contributed by atoms with van der Waals surface area (Å²) in [5, 5.41) is 9.35. The van der Waals surface area contributed by atoms with Gasteiger partial charge in [-0.25, -0.2) is 9.78 Å². The number of hydrogen-bond donors (Lipinski definition) is 2. The molecular weight excluding hydrogens is 314 g/mol. The van der Waals surface area contributed by atoms with Crippen molar-refractivity contribution in [2.75, 3.05) is 5.32 Å². The molecule has 0 saturated heterocycles. The second kappa shape index (κ2) is 5.87. The molecule has 2 amide bonds. The van der Waals surface area contributed by atoms with Crippen LogP contribution in [0.1, 0.15) is 18.6 Å².